The zero-order chi connectivity index (χ0) is 24.0. The molecule has 0 saturated carbocycles. The number of benzene rings is 2. The van der Waals surface area contributed by atoms with E-state index >= 15 is 0 Å². The quantitative estimate of drug-likeness (QED) is 0.338. The number of aryl methyl sites for hydroxylation is 1. The van der Waals surface area contributed by atoms with Crippen LogP contribution in [-0.2, 0) is 16.1 Å². The summed E-state index contributed by atoms with van der Waals surface area (Å²) in [6.07, 6.45) is 2.00. The molecule has 0 aliphatic heterocycles. The largest absolute Gasteiger partial charge is 0.456 e. The number of amides is 1. The number of nitriles is 1. The number of nitrogens with zero attached hydrogens (tertiary/aromatic N) is 2. The van der Waals surface area contributed by atoms with Crippen LogP contribution in [-0.4, -0.2) is 34.9 Å². The van der Waals surface area contributed by atoms with Gasteiger partial charge in [-0.2, -0.15) is 5.26 Å². The summed E-state index contributed by atoms with van der Waals surface area (Å²) >= 11 is 3.33. The Labute approximate surface area is 200 Å². The smallest absolute Gasteiger partial charge is 0.329 e. The zero-order valence-electron chi connectivity index (χ0n) is 18.4. The maximum absolute atomic E-state index is 12.9. The Morgan fingerprint density at radius 2 is 1.79 bits per heavy atom. The molecule has 0 fully saturated rings. The van der Waals surface area contributed by atoms with Crippen molar-refractivity contribution in [3.63, 3.8) is 0 Å². The van der Waals surface area contributed by atoms with Crippen LogP contribution < -0.4 is 5.32 Å². The van der Waals surface area contributed by atoms with Gasteiger partial charge in [-0.1, -0.05) is 44.2 Å². The fourth-order valence-corrected chi connectivity index (χ4v) is 3.96. The molecule has 1 amide bonds. The molecule has 1 aromatic heterocycles. The second kappa shape index (κ2) is 10.9. The number of carbonyl (C=O) groups is 3. The highest BCUT2D eigenvalue weighted by atomic mass is 79.9. The van der Waals surface area contributed by atoms with Gasteiger partial charge in [0, 0.05) is 33.7 Å². The van der Waals surface area contributed by atoms with Crippen LogP contribution in [0.1, 0.15) is 41.0 Å². The predicted octanol–water partition coefficient (Wildman–Crippen LogP) is 4.50. The second-order valence-electron chi connectivity index (χ2n) is 7.87. The number of ether oxygens (including phenoxy) is 1. The molecule has 170 valence electrons. The molecule has 0 aliphatic carbocycles. The van der Waals surface area contributed by atoms with Gasteiger partial charge in [-0.25, -0.2) is 4.79 Å². The van der Waals surface area contributed by atoms with Gasteiger partial charge in [-0.05, 0) is 40.0 Å². The number of nitrogens with one attached hydrogen (secondary N) is 1. The maximum Gasteiger partial charge on any atom is 0.329 e. The summed E-state index contributed by atoms with van der Waals surface area (Å²) in [5, 5.41) is 12.3. The molecule has 3 aromatic rings. The molecule has 1 heterocycles. The molecule has 7 nitrogen and oxygen atoms in total. The van der Waals surface area contributed by atoms with Crippen LogP contribution in [0, 0.1) is 17.2 Å². The number of ketones is 1. The molecule has 8 heteroatoms. The first-order chi connectivity index (χ1) is 15.8. The fourth-order valence-electron chi connectivity index (χ4n) is 3.49. The van der Waals surface area contributed by atoms with Crippen molar-refractivity contribution in [3.05, 3.63) is 70.3 Å². The van der Waals surface area contributed by atoms with Crippen molar-refractivity contribution in [1.29, 1.82) is 5.26 Å². The molecule has 1 N–H and O–H groups in total. The minimum atomic E-state index is -0.908. The van der Waals surface area contributed by atoms with Crippen LogP contribution in [0.4, 0.5) is 0 Å². The highest BCUT2D eigenvalue weighted by Crippen LogP contribution is 2.22. The summed E-state index contributed by atoms with van der Waals surface area (Å²) in [6.45, 7) is 3.59. The van der Waals surface area contributed by atoms with E-state index in [-0.39, 0.29) is 11.7 Å². The van der Waals surface area contributed by atoms with Crippen LogP contribution in [0.15, 0.2) is 59.2 Å². The van der Waals surface area contributed by atoms with Crippen LogP contribution in [0.2, 0.25) is 0 Å². The molecule has 3 rings (SSSR count). The molecule has 0 saturated heterocycles. The number of fused-ring (bicyclic) bond motifs is 1. The van der Waals surface area contributed by atoms with Crippen molar-refractivity contribution in [2.75, 3.05) is 6.61 Å². The Bertz CT molecular complexity index is 1230. The lowest BCUT2D eigenvalue weighted by atomic mass is 10.0. The van der Waals surface area contributed by atoms with Crippen LogP contribution in [0.3, 0.4) is 0 Å². The molecule has 0 unspecified atom stereocenters. The van der Waals surface area contributed by atoms with Gasteiger partial charge in [0.2, 0.25) is 5.78 Å². The first-order valence-corrected chi connectivity index (χ1v) is 11.3. The van der Waals surface area contributed by atoms with E-state index in [2.05, 4.69) is 27.3 Å². The Morgan fingerprint density at radius 1 is 1.09 bits per heavy atom. The van der Waals surface area contributed by atoms with Gasteiger partial charge in [-0.15, -0.1) is 0 Å². The summed E-state index contributed by atoms with van der Waals surface area (Å²) in [6, 6.07) is 15.5. The van der Waals surface area contributed by atoms with Crippen LogP contribution in [0.25, 0.3) is 10.9 Å². The summed E-state index contributed by atoms with van der Waals surface area (Å²) < 4.78 is 7.77. The molecular weight excluding hydrogens is 486 g/mol. The summed E-state index contributed by atoms with van der Waals surface area (Å²) in [5.41, 5.74) is 1.66. The van der Waals surface area contributed by atoms with E-state index in [1.54, 1.807) is 44.3 Å². The van der Waals surface area contributed by atoms with E-state index in [4.69, 9.17) is 10.00 Å². The van der Waals surface area contributed by atoms with Crippen LogP contribution >= 0.6 is 15.9 Å². The molecule has 0 spiro atoms. The van der Waals surface area contributed by atoms with E-state index < -0.39 is 24.5 Å². The van der Waals surface area contributed by atoms with Gasteiger partial charge in [0.25, 0.3) is 5.91 Å². The van der Waals surface area contributed by atoms with E-state index in [1.165, 1.54) is 0 Å². The monoisotopic (exact) mass is 509 g/mol. The van der Waals surface area contributed by atoms with Gasteiger partial charge in [0.1, 0.15) is 6.04 Å². The Kier molecular flexibility index (Phi) is 8.01. The van der Waals surface area contributed by atoms with Crippen molar-refractivity contribution in [3.8, 4) is 6.07 Å². The average Bonchev–Trinajstić information content (AvgIpc) is 3.18. The third-order valence-electron chi connectivity index (χ3n) is 5.22. The lowest BCUT2D eigenvalue weighted by molar-refractivity contribution is -0.145. The molecule has 0 aliphatic rings. The highest BCUT2D eigenvalue weighted by molar-refractivity contribution is 9.10. The van der Waals surface area contributed by atoms with Gasteiger partial charge in [0.05, 0.1) is 18.1 Å². The predicted molar refractivity (Wildman–Crippen MR) is 128 cm³/mol. The first-order valence-electron chi connectivity index (χ1n) is 10.5. The Balaban J connectivity index is 1.71. The SMILES string of the molecule is CC(C)[C@H](NC(=O)c1ccccc1Br)C(=O)OCC(=O)c1cn(CCC#N)c2ccccc12. The van der Waals surface area contributed by atoms with Crippen molar-refractivity contribution >= 4 is 44.5 Å². The molecular formula is C25H24BrN3O4. The van der Waals surface area contributed by atoms with E-state index in [0.717, 1.165) is 10.9 Å². The lowest BCUT2D eigenvalue weighted by Crippen LogP contribution is -2.45. The van der Waals surface area contributed by atoms with Crippen molar-refractivity contribution in [2.24, 2.45) is 5.92 Å². The Hall–Kier alpha value is -3.44. The third-order valence-corrected chi connectivity index (χ3v) is 5.92. The summed E-state index contributed by atoms with van der Waals surface area (Å²) in [7, 11) is 0. The van der Waals surface area contributed by atoms with Gasteiger partial charge < -0.3 is 14.6 Å². The Morgan fingerprint density at radius 3 is 2.48 bits per heavy atom. The minimum Gasteiger partial charge on any atom is -0.456 e. The van der Waals surface area contributed by atoms with Crippen molar-refractivity contribution in [1.82, 2.24) is 9.88 Å². The van der Waals surface area contributed by atoms with Gasteiger partial charge in [0.15, 0.2) is 6.61 Å². The van der Waals surface area contributed by atoms with E-state index in [1.807, 2.05) is 28.8 Å². The van der Waals surface area contributed by atoms with E-state index in [9.17, 15) is 14.4 Å². The number of esters is 1. The number of halogens is 1. The highest BCUT2D eigenvalue weighted by Gasteiger charge is 2.28. The first kappa shape index (κ1) is 24.2. The third kappa shape index (κ3) is 5.68. The number of carbonyl (C=O) groups excluding carboxylic acids is 3. The number of aromatic nitrogens is 1. The van der Waals surface area contributed by atoms with Gasteiger partial charge >= 0.3 is 5.97 Å². The summed E-state index contributed by atoms with van der Waals surface area (Å²) in [4.78, 5) is 38.3. The average molecular weight is 510 g/mol. The number of hydrogen-bond donors (Lipinski definition) is 1. The number of para-hydroxylation sites is 1. The van der Waals surface area contributed by atoms with E-state index in [0.29, 0.717) is 28.6 Å². The number of Topliss-reactive ketones (excluding diaryl/α,β-unsaturated/α-hetero) is 1. The van der Waals surface area contributed by atoms with Crippen LogP contribution in [0.5, 0.6) is 0 Å². The molecule has 1 atom stereocenters. The van der Waals surface area contributed by atoms with Crippen molar-refractivity contribution in [2.45, 2.75) is 32.9 Å². The standard InChI is InChI=1S/C25H24BrN3O4/c1-16(2)23(28-24(31)18-9-3-5-10-20(18)26)25(32)33-15-22(30)19-14-29(13-7-12-27)21-11-6-4-8-17(19)21/h3-6,8-11,14,16,23H,7,13,15H2,1-2H3,(H,28,31)/t23-/m0/s1. The normalized spacial score (nSPS) is 11.7. The summed E-state index contributed by atoms with van der Waals surface area (Å²) in [5.74, 6) is -1.68. The molecule has 0 radical (unpaired) electrons. The molecule has 0 bridgehead atoms. The van der Waals surface area contributed by atoms with Gasteiger partial charge in [-0.3, -0.25) is 9.59 Å². The lowest BCUT2D eigenvalue weighted by Gasteiger charge is -2.21. The maximum atomic E-state index is 12.9. The topological polar surface area (TPSA) is 101 Å². The molecule has 2 aromatic carbocycles. The number of hydrogen-bond acceptors (Lipinski definition) is 5. The molecule has 33 heavy (non-hydrogen) atoms. The minimum absolute atomic E-state index is 0.244. The second-order valence-corrected chi connectivity index (χ2v) is 8.72. The zero-order valence-corrected chi connectivity index (χ0v) is 20.0. The van der Waals surface area contributed by atoms with Crippen molar-refractivity contribution < 1.29 is 19.1 Å². The fraction of sp³-hybridized carbons (Fsp3) is 0.280. The number of rotatable bonds is 9.